The fourth-order valence-corrected chi connectivity index (χ4v) is 4.41. The number of H-pyrrole nitrogens is 2. The van der Waals surface area contributed by atoms with E-state index in [-0.39, 0.29) is 5.75 Å². The van der Waals surface area contributed by atoms with Crippen molar-refractivity contribution in [3.8, 4) is 38.8 Å². The number of aromatic nitrogens is 6. The second-order valence-corrected chi connectivity index (χ2v) is 7.88. The van der Waals surface area contributed by atoms with Crippen molar-refractivity contribution in [1.29, 1.82) is 0 Å². The molecule has 0 aliphatic carbocycles. The Balaban J connectivity index is 1.52. The molecule has 3 N–H and O–H groups in total. The molecule has 30 heavy (non-hydrogen) atoms. The Hall–Kier alpha value is -4.04. The van der Waals surface area contributed by atoms with Gasteiger partial charge in [0.15, 0.2) is 0 Å². The van der Waals surface area contributed by atoms with Gasteiger partial charge < -0.3 is 10.1 Å². The summed E-state index contributed by atoms with van der Waals surface area (Å²) in [5.41, 5.74) is 6.03. The summed E-state index contributed by atoms with van der Waals surface area (Å²) in [6, 6.07) is 9.84. The molecule has 6 heterocycles. The van der Waals surface area contributed by atoms with Gasteiger partial charge in [-0.25, -0.2) is 0 Å². The zero-order valence-corrected chi connectivity index (χ0v) is 16.3. The lowest BCUT2D eigenvalue weighted by molar-refractivity contribution is 0.473. The van der Waals surface area contributed by atoms with Crippen LogP contribution in [-0.4, -0.2) is 35.2 Å². The second-order valence-electron chi connectivity index (χ2n) is 6.93. The molecule has 0 spiro atoms. The third kappa shape index (κ3) is 2.66. The Bertz CT molecular complexity index is 1520. The van der Waals surface area contributed by atoms with Gasteiger partial charge in [0.1, 0.15) is 11.4 Å². The molecule has 0 radical (unpaired) electrons. The molecule has 8 heteroatoms. The average molecular weight is 410 g/mol. The smallest absolute Gasteiger partial charge is 0.134 e. The Kier molecular flexibility index (Phi) is 3.65. The van der Waals surface area contributed by atoms with E-state index in [2.05, 4.69) is 47.6 Å². The molecular formula is C22H14N6OS. The highest BCUT2D eigenvalue weighted by molar-refractivity contribution is 7.13. The van der Waals surface area contributed by atoms with Crippen molar-refractivity contribution in [2.24, 2.45) is 0 Å². The largest absolute Gasteiger partial charge is 0.506 e. The van der Waals surface area contributed by atoms with E-state index in [1.54, 1.807) is 29.8 Å². The highest BCUT2D eigenvalue weighted by atomic mass is 32.1. The van der Waals surface area contributed by atoms with Crippen LogP contribution < -0.4 is 0 Å². The molecule has 0 fully saturated rings. The van der Waals surface area contributed by atoms with E-state index in [1.807, 2.05) is 24.5 Å². The molecule has 6 rings (SSSR count). The zero-order valence-electron chi connectivity index (χ0n) is 15.5. The van der Waals surface area contributed by atoms with Crippen LogP contribution in [0, 0.1) is 0 Å². The van der Waals surface area contributed by atoms with Crippen LogP contribution in [0.25, 0.3) is 54.9 Å². The lowest BCUT2D eigenvalue weighted by Crippen LogP contribution is -1.85. The van der Waals surface area contributed by atoms with Crippen LogP contribution in [0.15, 0.2) is 66.7 Å². The number of aromatic hydroxyl groups is 1. The van der Waals surface area contributed by atoms with Gasteiger partial charge in [-0.2, -0.15) is 5.10 Å². The van der Waals surface area contributed by atoms with Crippen LogP contribution >= 0.6 is 11.3 Å². The standard InChI is InChI=1S/C22H14N6OS/c29-13-4-12(7-23-8-13)17-6-15-20(11-25-17)27-28-22(15)18-5-14-16(21-2-1-3-30-21)9-24-10-19(14)26-18/h1-11,26,29H,(H,27,28). The maximum Gasteiger partial charge on any atom is 0.134 e. The highest BCUT2D eigenvalue weighted by Crippen LogP contribution is 2.35. The molecule has 0 unspecified atom stereocenters. The normalized spacial score (nSPS) is 11.5. The molecule has 0 saturated heterocycles. The van der Waals surface area contributed by atoms with E-state index < -0.39 is 0 Å². The molecule has 0 atom stereocenters. The lowest BCUT2D eigenvalue weighted by atomic mass is 10.1. The lowest BCUT2D eigenvalue weighted by Gasteiger charge is -2.01. The minimum Gasteiger partial charge on any atom is -0.506 e. The predicted octanol–water partition coefficient (Wildman–Crippen LogP) is 5.00. The summed E-state index contributed by atoms with van der Waals surface area (Å²) < 4.78 is 0. The van der Waals surface area contributed by atoms with Crippen molar-refractivity contribution in [2.45, 2.75) is 0 Å². The van der Waals surface area contributed by atoms with Crippen LogP contribution in [0.1, 0.15) is 0 Å². The minimum atomic E-state index is 0.103. The SMILES string of the molecule is Oc1cncc(-c2cc3c(-c4cc5c(-c6cccs6)cncc5[nH]4)n[nH]c3cn2)c1. The number of nitrogens with one attached hydrogen (secondary N) is 2. The summed E-state index contributed by atoms with van der Waals surface area (Å²) in [6.45, 7) is 0. The number of rotatable bonds is 3. The van der Waals surface area contributed by atoms with Crippen molar-refractivity contribution < 1.29 is 5.11 Å². The van der Waals surface area contributed by atoms with Crippen LogP contribution in [0.4, 0.5) is 0 Å². The van der Waals surface area contributed by atoms with Crippen LogP contribution in [0.3, 0.4) is 0 Å². The van der Waals surface area contributed by atoms with Crippen molar-refractivity contribution in [3.63, 3.8) is 0 Å². The van der Waals surface area contributed by atoms with Gasteiger partial charge in [-0.15, -0.1) is 11.3 Å². The van der Waals surface area contributed by atoms with Crippen molar-refractivity contribution in [3.05, 3.63) is 66.7 Å². The van der Waals surface area contributed by atoms with Gasteiger partial charge in [-0.1, -0.05) is 6.07 Å². The summed E-state index contributed by atoms with van der Waals surface area (Å²) in [6.07, 6.45) is 8.54. The number of aromatic amines is 2. The molecule has 0 aliphatic rings. The highest BCUT2D eigenvalue weighted by Gasteiger charge is 2.15. The number of hydrogen-bond donors (Lipinski definition) is 3. The molecule has 144 valence electrons. The van der Waals surface area contributed by atoms with Crippen molar-refractivity contribution in [1.82, 2.24) is 30.1 Å². The third-order valence-corrected chi connectivity index (χ3v) is 5.96. The van der Waals surface area contributed by atoms with Gasteiger partial charge in [-0.3, -0.25) is 20.1 Å². The van der Waals surface area contributed by atoms with Crippen LogP contribution in [0.2, 0.25) is 0 Å². The van der Waals surface area contributed by atoms with E-state index in [4.69, 9.17) is 0 Å². The molecule has 6 aromatic heterocycles. The summed E-state index contributed by atoms with van der Waals surface area (Å²) in [7, 11) is 0. The predicted molar refractivity (Wildman–Crippen MR) is 117 cm³/mol. The quantitative estimate of drug-likeness (QED) is 0.381. The first-order chi connectivity index (χ1) is 14.8. The molecule has 0 amide bonds. The first-order valence-corrected chi connectivity index (χ1v) is 10.1. The van der Waals surface area contributed by atoms with E-state index >= 15 is 0 Å². The summed E-state index contributed by atoms with van der Waals surface area (Å²) in [5, 5.41) is 21.4. The van der Waals surface area contributed by atoms with Gasteiger partial charge in [0.05, 0.1) is 41.0 Å². The summed E-state index contributed by atoms with van der Waals surface area (Å²) in [5.74, 6) is 0.103. The molecular weight excluding hydrogens is 396 g/mol. The number of pyridine rings is 3. The summed E-state index contributed by atoms with van der Waals surface area (Å²) in [4.78, 5) is 17.5. The third-order valence-electron chi connectivity index (χ3n) is 5.05. The van der Waals surface area contributed by atoms with Gasteiger partial charge in [0.25, 0.3) is 0 Å². The molecule has 7 nitrogen and oxygen atoms in total. The second kappa shape index (κ2) is 6.50. The van der Waals surface area contributed by atoms with E-state index in [1.165, 1.54) is 11.1 Å². The topological polar surface area (TPSA) is 103 Å². The van der Waals surface area contributed by atoms with Crippen molar-refractivity contribution in [2.75, 3.05) is 0 Å². The van der Waals surface area contributed by atoms with Gasteiger partial charge >= 0.3 is 0 Å². The van der Waals surface area contributed by atoms with Gasteiger partial charge in [0, 0.05) is 39.2 Å². The first-order valence-electron chi connectivity index (χ1n) is 9.26. The Labute approximate surface area is 174 Å². The van der Waals surface area contributed by atoms with Gasteiger partial charge in [-0.05, 0) is 29.6 Å². The van der Waals surface area contributed by atoms with Gasteiger partial charge in [0.2, 0.25) is 0 Å². The van der Waals surface area contributed by atoms with E-state index in [0.29, 0.717) is 5.69 Å². The molecule has 0 saturated carbocycles. The van der Waals surface area contributed by atoms with Crippen LogP contribution in [-0.2, 0) is 0 Å². The number of nitrogens with zero attached hydrogens (tertiary/aromatic N) is 4. The van der Waals surface area contributed by atoms with E-state index in [0.717, 1.165) is 44.3 Å². The Morgan fingerprint density at radius 2 is 1.83 bits per heavy atom. The maximum atomic E-state index is 9.75. The molecule has 0 aliphatic heterocycles. The summed E-state index contributed by atoms with van der Waals surface area (Å²) >= 11 is 1.69. The Morgan fingerprint density at radius 3 is 2.70 bits per heavy atom. The number of fused-ring (bicyclic) bond motifs is 2. The fourth-order valence-electron chi connectivity index (χ4n) is 3.65. The molecule has 0 aromatic carbocycles. The molecule has 6 aromatic rings. The molecule has 0 bridgehead atoms. The Morgan fingerprint density at radius 1 is 0.900 bits per heavy atom. The number of hydrogen-bond acceptors (Lipinski definition) is 6. The monoisotopic (exact) mass is 410 g/mol. The average Bonchev–Trinajstić information content (AvgIpc) is 3.51. The minimum absolute atomic E-state index is 0.103. The van der Waals surface area contributed by atoms with E-state index in [9.17, 15) is 5.11 Å². The first kappa shape index (κ1) is 16.9. The maximum absolute atomic E-state index is 9.75. The van der Waals surface area contributed by atoms with Crippen molar-refractivity contribution >= 4 is 33.1 Å². The fraction of sp³-hybridized carbons (Fsp3) is 0. The van der Waals surface area contributed by atoms with Crippen LogP contribution in [0.5, 0.6) is 5.75 Å². The zero-order chi connectivity index (χ0) is 20.1. The number of thiophene rings is 1.